The summed E-state index contributed by atoms with van der Waals surface area (Å²) in [6, 6.07) is 11.7. The predicted octanol–water partition coefficient (Wildman–Crippen LogP) is 2.71. The van der Waals surface area contributed by atoms with Crippen LogP contribution in [0.15, 0.2) is 47.4 Å². The number of amides is 1. The quantitative estimate of drug-likeness (QED) is 0.644. The van der Waals surface area contributed by atoms with Crippen molar-refractivity contribution in [1.82, 2.24) is 9.62 Å². The first-order valence-electron chi connectivity index (χ1n) is 9.64. The van der Waals surface area contributed by atoms with Crippen molar-refractivity contribution >= 4 is 33.4 Å². The lowest BCUT2D eigenvalue weighted by Gasteiger charge is -2.27. The Morgan fingerprint density at radius 3 is 2.53 bits per heavy atom. The van der Waals surface area contributed by atoms with Gasteiger partial charge < -0.3 is 5.32 Å². The normalized spacial score (nSPS) is 14.8. The summed E-state index contributed by atoms with van der Waals surface area (Å²) < 4.78 is 26.5. The van der Waals surface area contributed by atoms with Crippen LogP contribution in [-0.4, -0.2) is 50.4 Å². The van der Waals surface area contributed by atoms with Crippen molar-refractivity contribution < 1.29 is 13.2 Å². The Kier molecular flexibility index (Phi) is 7.56. The van der Waals surface area contributed by atoms with E-state index in [1.807, 2.05) is 30.8 Å². The van der Waals surface area contributed by atoms with Crippen molar-refractivity contribution in [3.63, 3.8) is 0 Å². The third-order valence-corrected chi connectivity index (χ3v) is 7.34. The average Bonchev–Trinajstić information content (AvgIpc) is 2.76. The van der Waals surface area contributed by atoms with Crippen molar-refractivity contribution in [2.45, 2.75) is 18.4 Å². The Hall–Kier alpha value is -2.31. The molecule has 2 aromatic rings. The highest BCUT2D eigenvalue weighted by molar-refractivity contribution is 7.99. The molecule has 2 N–H and O–H groups in total. The minimum atomic E-state index is -3.68. The summed E-state index contributed by atoms with van der Waals surface area (Å²) in [6.45, 7) is 4.94. The molecule has 6 nitrogen and oxygen atoms in total. The van der Waals surface area contributed by atoms with Gasteiger partial charge >= 0.3 is 0 Å². The number of hydrogen-bond donors (Lipinski definition) is 2. The van der Waals surface area contributed by atoms with Crippen LogP contribution in [0.4, 0.5) is 5.69 Å². The lowest BCUT2D eigenvalue weighted by molar-refractivity contribution is 0.102. The van der Waals surface area contributed by atoms with Gasteiger partial charge in [0.15, 0.2) is 0 Å². The minimum Gasteiger partial charge on any atom is -0.322 e. The molecule has 0 aromatic heterocycles. The van der Waals surface area contributed by atoms with Crippen LogP contribution in [0.5, 0.6) is 0 Å². The van der Waals surface area contributed by atoms with Crippen LogP contribution in [0.1, 0.15) is 21.5 Å². The number of benzene rings is 2. The predicted molar refractivity (Wildman–Crippen MR) is 122 cm³/mol. The molecule has 30 heavy (non-hydrogen) atoms. The van der Waals surface area contributed by atoms with Gasteiger partial charge in [0, 0.05) is 42.4 Å². The average molecular weight is 444 g/mol. The molecule has 1 saturated heterocycles. The minimum absolute atomic E-state index is 0.0622. The van der Waals surface area contributed by atoms with Gasteiger partial charge in [-0.2, -0.15) is 16.5 Å². The highest BCUT2D eigenvalue weighted by Gasteiger charge is 2.16. The Morgan fingerprint density at radius 2 is 1.87 bits per heavy atom. The van der Waals surface area contributed by atoms with Gasteiger partial charge in [-0.3, -0.25) is 9.69 Å². The Labute approximate surface area is 182 Å². The molecule has 0 atom stereocenters. The molecule has 0 unspecified atom stereocenters. The molecule has 1 aliphatic heterocycles. The number of nitrogens with one attached hydrogen (secondary N) is 2. The maximum Gasteiger partial charge on any atom is 0.255 e. The van der Waals surface area contributed by atoms with Gasteiger partial charge in [-0.05, 0) is 48.4 Å². The third kappa shape index (κ3) is 5.64. The summed E-state index contributed by atoms with van der Waals surface area (Å²) in [5.41, 5.74) is 3.38. The number of sulfonamides is 1. The highest BCUT2D eigenvalue weighted by Crippen LogP contribution is 2.23. The summed E-state index contributed by atoms with van der Waals surface area (Å²) >= 11 is 1.98. The highest BCUT2D eigenvalue weighted by atomic mass is 32.2. The summed E-state index contributed by atoms with van der Waals surface area (Å²) in [4.78, 5) is 15.2. The lowest BCUT2D eigenvalue weighted by atomic mass is 10.1. The lowest BCUT2D eigenvalue weighted by Crippen LogP contribution is -2.32. The number of nitrogens with zero attached hydrogens (tertiary/aromatic N) is 1. The molecule has 8 heteroatoms. The van der Waals surface area contributed by atoms with E-state index in [1.165, 1.54) is 29.8 Å². The molecule has 1 aliphatic rings. The second-order valence-corrected chi connectivity index (χ2v) is 9.98. The second-order valence-electron chi connectivity index (χ2n) is 6.99. The maximum absolute atomic E-state index is 12.7. The molecule has 0 spiro atoms. The van der Waals surface area contributed by atoms with Crippen molar-refractivity contribution in [1.29, 1.82) is 0 Å². The van der Waals surface area contributed by atoms with Gasteiger partial charge in [-0.1, -0.05) is 18.1 Å². The molecular weight excluding hydrogens is 418 g/mol. The summed E-state index contributed by atoms with van der Waals surface area (Å²) in [5, 5.41) is 2.94. The topological polar surface area (TPSA) is 78.5 Å². The van der Waals surface area contributed by atoms with Gasteiger partial charge in [-0.25, -0.2) is 8.42 Å². The molecule has 0 bridgehead atoms. The van der Waals surface area contributed by atoms with Gasteiger partial charge in [0.2, 0.25) is 10.0 Å². The van der Waals surface area contributed by atoms with Crippen LogP contribution in [0.3, 0.4) is 0 Å². The van der Waals surface area contributed by atoms with E-state index in [-0.39, 0.29) is 17.3 Å². The van der Waals surface area contributed by atoms with Crippen molar-refractivity contribution in [2.24, 2.45) is 0 Å². The number of rotatable bonds is 7. The van der Waals surface area contributed by atoms with Crippen LogP contribution >= 0.6 is 11.8 Å². The van der Waals surface area contributed by atoms with E-state index in [0.717, 1.165) is 42.4 Å². The first-order chi connectivity index (χ1) is 14.4. The number of carbonyl (C=O) groups is 1. The second kappa shape index (κ2) is 10.1. The molecule has 2 aromatic carbocycles. The summed E-state index contributed by atoms with van der Waals surface area (Å²) in [7, 11) is -3.68. The van der Waals surface area contributed by atoms with Crippen LogP contribution in [0.25, 0.3) is 0 Å². The van der Waals surface area contributed by atoms with E-state index in [1.54, 1.807) is 0 Å². The summed E-state index contributed by atoms with van der Waals surface area (Å²) in [6.07, 6.45) is 5.09. The van der Waals surface area contributed by atoms with Crippen LogP contribution in [0, 0.1) is 19.3 Å². The Balaban J connectivity index is 1.70. The largest absolute Gasteiger partial charge is 0.322 e. The van der Waals surface area contributed by atoms with Crippen molar-refractivity contribution in [3.8, 4) is 12.3 Å². The third-order valence-electron chi connectivity index (χ3n) is 4.98. The first-order valence-corrected chi connectivity index (χ1v) is 12.3. The fourth-order valence-corrected chi connectivity index (χ4v) is 5.10. The SMILES string of the molecule is C#CCNS(=O)(=O)c1ccc(C(=O)Nc2cccc(CN3CCSCC3)c2C)cc1. The monoisotopic (exact) mass is 443 g/mol. The van der Waals surface area contributed by atoms with Crippen molar-refractivity contribution in [3.05, 3.63) is 59.2 Å². The molecule has 0 radical (unpaired) electrons. The molecule has 1 amide bonds. The molecule has 1 fully saturated rings. The first kappa shape index (κ1) is 22.4. The molecule has 3 rings (SSSR count). The van der Waals surface area contributed by atoms with E-state index < -0.39 is 10.0 Å². The fourth-order valence-electron chi connectivity index (χ4n) is 3.19. The van der Waals surface area contributed by atoms with E-state index in [0.29, 0.717) is 5.56 Å². The van der Waals surface area contributed by atoms with Crippen LogP contribution in [-0.2, 0) is 16.6 Å². The van der Waals surface area contributed by atoms with Crippen LogP contribution < -0.4 is 10.0 Å². The Morgan fingerprint density at radius 1 is 1.17 bits per heavy atom. The summed E-state index contributed by atoms with van der Waals surface area (Å²) in [5.74, 6) is 4.25. The zero-order valence-electron chi connectivity index (χ0n) is 16.8. The number of anilines is 1. The molecule has 0 aliphatic carbocycles. The van der Waals surface area contributed by atoms with Gasteiger partial charge in [0.25, 0.3) is 5.91 Å². The van der Waals surface area contributed by atoms with E-state index in [9.17, 15) is 13.2 Å². The number of thioether (sulfide) groups is 1. The molecular formula is C22H25N3O3S2. The van der Waals surface area contributed by atoms with Crippen molar-refractivity contribution in [2.75, 3.05) is 36.5 Å². The smallest absolute Gasteiger partial charge is 0.255 e. The van der Waals surface area contributed by atoms with Crippen LogP contribution in [0.2, 0.25) is 0 Å². The van der Waals surface area contributed by atoms with E-state index in [2.05, 4.69) is 26.9 Å². The zero-order valence-corrected chi connectivity index (χ0v) is 18.5. The van der Waals surface area contributed by atoms with E-state index >= 15 is 0 Å². The van der Waals surface area contributed by atoms with Gasteiger partial charge in [-0.15, -0.1) is 6.42 Å². The number of hydrogen-bond acceptors (Lipinski definition) is 5. The molecule has 0 saturated carbocycles. The Bertz CT molecular complexity index is 1040. The zero-order chi connectivity index (χ0) is 21.6. The van der Waals surface area contributed by atoms with E-state index in [4.69, 9.17) is 6.42 Å². The van der Waals surface area contributed by atoms with Gasteiger partial charge in [0.1, 0.15) is 0 Å². The number of carbonyl (C=O) groups excluding carboxylic acids is 1. The van der Waals surface area contributed by atoms with Gasteiger partial charge in [0.05, 0.1) is 11.4 Å². The molecule has 1 heterocycles. The maximum atomic E-state index is 12.7. The number of terminal acetylenes is 1. The standard InChI is InChI=1S/C22H25N3O3S2/c1-3-11-23-30(27,28)20-9-7-18(8-10-20)22(26)24-21-6-4-5-19(17(21)2)16-25-12-14-29-15-13-25/h1,4-10,23H,11-16H2,2H3,(H,24,26). The molecule has 158 valence electrons. The fraction of sp³-hybridized carbons (Fsp3) is 0.318.